The Balaban J connectivity index is 0.00000240. The summed E-state index contributed by atoms with van der Waals surface area (Å²) in [4.78, 5) is 29.9. The SMILES string of the molecule is Cl.O=C(O)C1CCN(C(=O)c2ccccc2-c2ncc(-c3ccccc3F)o2)C1. The molecule has 1 aliphatic rings. The first-order valence-electron chi connectivity index (χ1n) is 8.87. The Labute approximate surface area is 172 Å². The number of amides is 1. The molecule has 2 aromatic carbocycles. The predicted molar refractivity (Wildman–Crippen MR) is 106 cm³/mol. The van der Waals surface area contributed by atoms with Gasteiger partial charge in [-0.15, -0.1) is 12.4 Å². The fourth-order valence-electron chi connectivity index (χ4n) is 3.36. The zero-order chi connectivity index (χ0) is 19.7. The molecule has 0 spiro atoms. The van der Waals surface area contributed by atoms with Gasteiger partial charge in [0.1, 0.15) is 5.82 Å². The Morgan fingerprint density at radius 3 is 2.48 bits per heavy atom. The van der Waals surface area contributed by atoms with Gasteiger partial charge in [0.2, 0.25) is 5.89 Å². The number of halogens is 2. The lowest BCUT2D eigenvalue weighted by Crippen LogP contribution is -2.30. The molecule has 0 saturated carbocycles. The highest BCUT2D eigenvalue weighted by Crippen LogP contribution is 2.30. The van der Waals surface area contributed by atoms with Gasteiger partial charge in [-0.25, -0.2) is 9.37 Å². The number of likely N-dealkylation sites (tertiary alicyclic amines) is 1. The van der Waals surface area contributed by atoms with Crippen LogP contribution in [0.2, 0.25) is 0 Å². The summed E-state index contributed by atoms with van der Waals surface area (Å²) in [6.45, 7) is 0.560. The molecule has 1 saturated heterocycles. The molecule has 29 heavy (non-hydrogen) atoms. The molecule has 1 aliphatic heterocycles. The van der Waals surface area contributed by atoms with E-state index in [0.717, 1.165) is 0 Å². The van der Waals surface area contributed by atoms with Gasteiger partial charge < -0.3 is 14.4 Å². The smallest absolute Gasteiger partial charge is 0.308 e. The standard InChI is InChI=1S/C21H17FN2O4.ClH/c22-17-8-4-3-7-16(17)18-11-23-19(28-18)14-5-1-2-6-15(14)20(25)24-10-9-13(12-24)21(26)27;/h1-8,11,13H,9-10,12H2,(H,26,27);1H. The van der Waals surface area contributed by atoms with Gasteiger partial charge in [-0.3, -0.25) is 9.59 Å². The summed E-state index contributed by atoms with van der Waals surface area (Å²) < 4.78 is 19.7. The van der Waals surface area contributed by atoms with Gasteiger partial charge in [-0.1, -0.05) is 24.3 Å². The number of rotatable bonds is 4. The molecule has 1 unspecified atom stereocenters. The minimum atomic E-state index is -0.897. The maximum absolute atomic E-state index is 14.0. The highest BCUT2D eigenvalue weighted by Gasteiger charge is 2.32. The topological polar surface area (TPSA) is 83.6 Å². The fraction of sp³-hybridized carbons (Fsp3) is 0.190. The average molecular weight is 417 g/mol. The molecule has 0 radical (unpaired) electrons. The lowest BCUT2D eigenvalue weighted by Gasteiger charge is -2.17. The molecule has 8 heteroatoms. The predicted octanol–water partition coefficient (Wildman–Crippen LogP) is 4.12. The number of hydrogen-bond acceptors (Lipinski definition) is 4. The zero-order valence-electron chi connectivity index (χ0n) is 15.2. The van der Waals surface area contributed by atoms with E-state index in [1.807, 2.05) is 0 Å². The minimum absolute atomic E-state index is 0. The van der Waals surface area contributed by atoms with E-state index in [-0.39, 0.29) is 42.1 Å². The maximum Gasteiger partial charge on any atom is 0.308 e. The van der Waals surface area contributed by atoms with Gasteiger partial charge in [0.25, 0.3) is 5.91 Å². The van der Waals surface area contributed by atoms with Crippen LogP contribution in [-0.2, 0) is 4.79 Å². The van der Waals surface area contributed by atoms with Crippen LogP contribution in [0, 0.1) is 11.7 Å². The van der Waals surface area contributed by atoms with Gasteiger partial charge in [0, 0.05) is 18.7 Å². The Kier molecular flexibility index (Phi) is 5.98. The Hall–Kier alpha value is -3.19. The van der Waals surface area contributed by atoms with Crippen molar-refractivity contribution in [1.29, 1.82) is 0 Å². The van der Waals surface area contributed by atoms with Crippen molar-refractivity contribution in [2.24, 2.45) is 5.92 Å². The summed E-state index contributed by atoms with van der Waals surface area (Å²) in [7, 11) is 0. The third kappa shape index (κ3) is 4.00. The van der Waals surface area contributed by atoms with Crippen LogP contribution >= 0.6 is 12.4 Å². The minimum Gasteiger partial charge on any atom is -0.481 e. The van der Waals surface area contributed by atoms with Gasteiger partial charge in [0.15, 0.2) is 5.76 Å². The molecule has 1 atom stereocenters. The van der Waals surface area contributed by atoms with E-state index in [0.29, 0.717) is 24.1 Å². The van der Waals surface area contributed by atoms with Crippen LogP contribution in [0.5, 0.6) is 0 Å². The first-order valence-corrected chi connectivity index (χ1v) is 8.87. The lowest BCUT2D eigenvalue weighted by atomic mass is 10.1. The van der Waals surface area contributed by atoms with Crippen molar-refractivity contribution >= 4 is 24.3 Å². The number of carbonyl (C=O) groups is 2. The van der Waals surface area contributed by atoms with E-state index >= 15 is 0 Å². The second-order valence-electron chi connectivity index (χ2n) is 6.63. The van der Waals surface area contributed by atoms with Crippen LogP contribution in [0.3, 0.4) is 0 Å². The number of benzene rings is 2. The molecule has 6 nitrogen and oxygen atoms in total. The third-order valence-electron chi connectivity index (χ3n) is 4.86. The van der Waals surface area contributed by atoms with Crippen LogP contribution in [0.15, 0.2) is 59.1 Å². The number of carbonyl (C=O) groups excluding carboxylic acids is 1. The normalized spacial score (nSPS) is 15.8. The molecule has 3 aromatic rings. The molecule has 0 aliphatic carbocycles. The van der Waals surface area contributed by atoms with E-state index in [2.05, 4.69) is 4.98 Å². The molecule has 1 fully saturated rings. The van der Waals surface area contributed by atoms with E-state index in [9.17, 15) is 14.0 Å². The van der Waals surface area contributed by atoms with E-state index in [1.54, 1.807) is 42.5 Å². The van der Waals surface area contributed by atoms with E-state index in [1.165, 1.54) is 17.2 Å². The molecular formula is C21H18ClFN2O4. The van der Waals surface area contributed by atoms with Crippen LogP contribution < -0.4 is 0 Å². The lowest BCUT2D eigenvalue weighted by molar-refractivity contribution is -0.141. The molecule has 4 rings (SSSR count). The van der Waals surface area contributed by atoms with Crippen LogP contribution in [0.1, 0.15) is 16.8 Å². The summed E-state index contributed by atoms with van der Waals surface area (Å²) in [6, 6.07) is 13.0. The van der Waals surface area contributed by atoms with Crippen LogP contribution in [0.4, 0.5) is 4.39 Å². The quantitative estimate of drug-likeness (QED) is 0.691. The first kappa shape index (κ1) is 20.5. The molecule has 1 aromatic heterocycles. The highest BCUT2D eigenvalue weighted by molar-refractivity contribution is 6.00. The maximum atomic E-state index is 14.0. The van der Waals surface area contributed by atoms with E-state index < -0.39 is 17.7 Å². The molecule has 2 heterocycles. The average Bonchev–Trinajstić information content (AvgIpc) is 3.38. The third-order valence-corrected chi connectivity index (χ3v) is 4.86. The van der Waals surface area contributed by atoms with Gasteiger partial charge >= 0.3 is 5.97 Å². The van der Waals surface area contributed by atoms with Crippen molar-refractivity contribution in [1.82, 2.24) is 9.88 Å². The van der Waals surface area contributed by atoms with Gasteiger partial charge in [-0.2, -0.15) is 0 Å². The van der Waals surface area contributed by atoms with Crippen molar-refractivity contribution in [3.63, 3.8) is 0 Å². The molecule has 150 valence electrons. The summed E-state index contributed by atoms with van der Waals surface area (Å²) in [5.74, 6) is -1.67. The molecule has 1 N–H and O–H groups in total. The van der Waals surface area contributed by atoms with Gasteiger partial charge in [0.05, 0.1) is 23.2 Å². The second-order valence-corrected chi connectivity index (χ2v) is 6.63. The Bertz CT molecular complexity index is 1050. The number of carboxylic acid groups (broad SMARTS) is 1. The Morgan fingerprint density at radius 2 is 1.79 bits per heavy atom. The number of carboxylic acids is 1. The van der Waals surface area contributed by atoms with Crippen molar-refractivity contribution < 1.29 is 23.5 Å². The van der Waals surface area contributed by atoms with Gasteiger partial charge in [-0.05, 0) is 30.7 Å². The van der Waals surface area contributed by atoms with Crippen molar-refractivity contribution in [3.05, 3.63) is 66.1 Å². The number of nitrogens with zero attached hydrogens (tertiary/aromatic N) is 2. The fourth-order valence-corrected chi connectivity index (χ4v) is 3.36. The van der Waals surface area contributed by atoms with Crippen molar-refractivity contribution in [3.8, 4) is 22.8 Å². The molecule has 1 amide bonds. The summed E-state index contributed by atoms with van der Waals surface area (Å²) >= 11 is 0. The number of oxazole rings is 1. The highest BCUT2D eigenvalue weighted by atomic mass is 35.5. The number of aliphatic carboxylic acids is 1. The molecule has 0 bridgehead atoms. The van der Waals surface area contributed by atoms with Crippen molar-refractivity contribution in [2.75, 3.05) is 13.1 Å². The monoisotopic (exact) mass is 416 g/mol. The summed E-state index contributed by atoms with van der Waals surface area (Å²) in [5, 5.41) is 9.16. The largest absolute Gasteiger partial charge is 0.481 e. The number of hydrogen-bond donors (Lipinski definition) is 1. The second kappa shape index (κ2) is 8.45. The van der Waals surface area contributed by atoms with Crippen LogP contribution in [0.25, 0.3) is 22.8 Å². The van der Waals surface area contributed by atoms with Crippen LogP contribution in [-0.4, -0.2) is 40.0 Å². The summed E-state index contributed by atoms with van der Waals surface area (Å²) in [5.41, 5.74) is 1.14. The first-order chi connectivity index (χ1) is 13.5. The Morgan fingerprint density at radius 1 is 1.10 bits per heavy atom. The van der Waals surface area contributed by atoms with E-state index in [4.69, 9.17) is 9.52 Å². The number of aromatic nitrogens is 1. The zero-order valence-corrected chi connectivity index (χ0v) is 16.1. The van der Waals surface area contributed by atoms with Crippen molar-refractivity contribution in [2.45, 2.75) is 6.42 Å². The summed E-state index contributed by atoms with van der Waals surface area (Å²) in [6.07, 6.45) is 1.85. The molecular weight excluding hydrogens is 399 g/mol.